The van der Waals surface area contributed by atoms with Crippen molar-refractivity contribution in [3.05, 3.63) is 29.8 Å². The fourth-order valence-electron chi connectivity index (χ4n) is 3.33. The first-order chi connectivity index (χ1) is 12.9. The van der Waals surface area contributed by atoms with Crippen LogP contribution in [-0.4, -0.2) is 79.5 Å². The quantitative estimate of drug-likeness (QED) is 0.714. The van der Waals surface area contributed by atoms with Crippen LogP contribution in [0.3, 0.4) is 0 Å². The van der Waals surface area contributed by atoms with Gasteiger partial charge in [-0.2, -0.15) is 0 Å². The third-order valence-electron chi connectivity index (χ3n) is 4.80. The fourth-order valence-corrected chi connectivity index (χ4v) is 3.33. The first kappa shape index (κ1) is 21.7. The summed E-state index contributed by atoms with van der Waals surface area (Å²) in [6.45, 7) is 10.3. The topological polar surface area (TPSA) is 62.2 Å². The molecule has 1 amide bonds. The van der Waals surface area contributed by atoms with Gasteiger partial charge in [-0.15, -0.1) is 0 Å². The van der Waals surface area contributed by atoms with E-state index in [0.29, 0.717) is 37.7 Å². The molecule has 1 heterocycles. The van der Waals surface area contributed by atoms with Gasteiger partial charge < -0.3 is 19.5 Å². The minimum absolute atomic E-state index is 0.0145. The zero-order valence-corrected chi connectivity index (χ0v) is 17.1. The van der Waals surface area contributed by atoms with Gasteiger partial charge in [0.2, 0.25) is 0 Å². The van der Waals surface area contributed by atoms with E-state index in [2.05, 4.69) is 18.7 Å². The van der Waals surface area contributed by atoms with Crippen molar-refractivity contribution in [1.82, 2.24) is 9.80 Å². The monoisotopic (exact) mass is 378 g/mol. The van der Waals surface area contributed by atoms with Gasteiger partial charge in [0.25, 0.3) is 5.91 Å². The van der Waals surface area contributed by atoms with E-state index in [4.69, 9.17) is 9.47 Å². The van der Waals surface area contributed by atoms with Gasteiger partial charge in [-0.05, 0) is 36.6 Å². The van der Waals surface area contributed by atoms with Gasteiger partial charge in [-0.3, -0.25) is 9.69 Å². The molecule has 1 aliphatic rings. The number of rotatable bonds is 9. The molecule has 27 heavy (non-hydrogen) atoms. The number of β-amino-alcohol motifs (C(OH)–C–C–N with tert-alkyl or cyclic N) is 1. The van der Waals surface area contributed by atoms with Gasteiger partial charge in [-0.1, -0.05) is 20.8 Å². The van der Waals surface area contributed by atoms with Crippen LogP contribution in [0.2, 0.25) is 0 Å². The van der Waals surface area contributed by atoms with Gasteiger partial charge >= 0.3 is 0 Å². The van der Waals surface area contributed by atoms with Crippen molar-refractivity contribution in [3.8, 4) is 5.75 Å². The Kier molecular flexibility index (Phi) is 8.54. The van der Waals surface area contributed by atoms with Gasteiger partial charge in [0.1, 0.15) is 5.75 Å². The number of aliphatic hydroxyl groups excluding tert-OH is 1. The van der Waals surface area contributed by atoms with Crippen molar-refractivity contribution in [2.75, 3.05) is 46.4 Å². The molecular weight excluding hydrogens is 344 g/mol. The van der Waals surface area contributed by atoms with Gasteiger partial charge in [-0.25, -0.2) is 0 Å². The number of benzene rings is 1. The smallest absolute Gasteiger partial charge is 0.253 e. The summed E-state index contributed by atoms with van der Waals surface area (Å²) in [6, 6.07) is 7.23. The van der Waals surface area contributed by atoms with Crippen molar-refractivity contribution in [2.24, 2.45) is 5.92 Å². The van der Waals surface area contributed by atoms with Crippen LogP contribution in [0.15, 0.2) is 24.3 Å². The first-order valence-corrected chi connectivity index (χ1v) is 9.88. The second-order valence-electron chi connectivity index (χ2n) is 7.65. The van der Waals surface area contributed by atoms with E-state index in [1.54, 1.807) is 19.2 Å². The highest BCUT2D eigenvalue weighted by Gasteiger charge is 2.26. The number of amides is 1. The molecule has 1 aliphatic heterocycles. The number of hydrogen-bond donors (Lipinski definition) is 1. The molecule has 2 unspecified atom stereocenters. The Morgan fingerprint density at radius 2 is 2.07 bits per heavy atom. The average molecular weight is 379 g/mol. The molecular formula is C21H34N2O4. The van der Waals surface area contributed by atoms with E-state index in [1.807, 2.05) is 24.0 Å². The van der Waals surface area contributed by atoms with E-state index < -0.39 is 0 Å². The number of carbonyl (C=O) groups is 1. The summed E-state index contributed by atoms with van der Waals surface area (Å²) in [5, 5.41) is 9.92. The predicted molar refractivity (Wildman–Crippen MR) is 106 cm³/mol. The molecule has 0 spiro atoms. The SMILES string of the molecule is CCC(O)CN1CCOC(CN(CC(C)C)C(=O)c2ccc(OC)cc2)C1. The minimum Gasteiger partial charge on any atom is -0.497 e. The van der Waals surface area contributed by atoms with E-state index in [1.165, 1.54) is 0 Å². The number of ether oxygens (including phenoxy) is 2. The summed E-state index contributed by atoms with van der Waals surface area (Å²) in [5.41, 5.74) is 0.658. The summed E-state index contributed by atoms with van der Waals surface area (Å²) in [7, 11) is 1.61. The molecule has 1 saturated heterocycles. The molecule has 6 nitrogen and oxygen atoms in total. The van der Waals surface area contributed by atoms with Crippen LogP contribution in [-0.2, 0) is 4.74 Å². The molecule has 0 aliphatic carbocycles. The fraction of sp³-hybridized carbons (Fsp3) is 0.667. The summed E-state index contributed by atoms with van der Waals surface area (Å²) in [5.74, 6) is 1.12. The molecule has 6 heteroatoms. The number of aliphatic hydroxyl groups is 1. The lowest BCUT2D eigenvalue weighted by atomic mass is 10.1. The van der Waals surface area contributed by atoms with Gasteiger partial charge in [0.15, 0.2) is 0 Å². The number of nitrogens with zero attached hydrogens (tertiary/aromatic N) is 2. The maximum atomic E-state index is 13.0. The molecule has 2 rings (SSSR count). The Balaban J connectivity index is 2.03. The second kappa shape index (κ2) is 10.6. The Hall–Kier alpha value is -1.63. The number of methoxy groups -OCH3 is 1. The van der Waals surface area contributed by atoms with Crippen molar-refractivity contribution in [3.63, 3.8) is 0 Å². The van der Waals surface area contributed by atoms with Crippen LogP contribution in [0.1, 0.15) is 37.6 Å². The lowest BCUT2D eigenvalue weighted by molar-refractivity contribution is -0.0513. The Labute approximate surface area is 163 Å². The van der Waals surface area contributed by atoms with Crippen molar-refractivity contribution >= 4 is 5.91 Å². The first-order valence-electron chi connectivity index (χ1n) is 9.88. The zero-order valence-electron chi connectivity index (χ0n) is 17.1. The van der Waals surface area contributed by atoms with Crippen molar-refractivity contribution < 1.29 is 19.4 Å². The lowest BCUT2D eigenvalue weighted by Gasteiger charge is -2.37. The molecule has 1 aromatic carbocycles. The minimum atomic E-state index is -0.309. The van der Waals surface area contributed by atoms with E-state index in [-0.39, 0.29) is 18.1 Å². The van der Waals surface area contributed by atoms with Crippen molar-refractivity contribution in [2.45, 2.75) is 39.4 Å². The highest BCUT2D eigenvalue weighted by molar-refractivity contribution is 5.94. The van der Waals surface area contributed by atoms with E-state index in [9.17, 15) is 9.90 Å². The normalized spacial score (nSPS) is 19.1. The number of carbonyl (C=O) groups excluding carboxylic acids is 1. The lowest BCUT2D eigenvalue weighted by Crippen LogP contribution is -2.50. The van der Waals surface area contributed by atoms with Crippen LogP contribution in [0.4, 0.5) is 0 Å². The molecule has 0 aromatic heterocycles. The largest absolute Gasteiger partial charge is 0.497 e. The number of morpholine rings is 1. The van der Waals surface area contributed by atoms with E-state index in [0.717, 1.165) is 25.3 Å². The zero-order chi connectivity index (χ0) is 19.8. The maximum Gasteiger partial charge on any atom is 0.253 e. The molecule has 152 valence electrons. The van der Waals surface area contributed by atoms with Crippen LogP contribution < -0.4 is 4.74 Å². The molecule has 1 aromatic rings. The van der Waals surface area contributed by atoms with Crippen LogP contribution in [0.5, 0.6) is 5.75 Å². The third kappa shape index (κ3) is 6.79. The molecule has 0 bridgehead atoms. The van der Waals surface area contributed by atoms with Crippen LogP contribution >= 0.6 is 0 Å². The second-order valence-corrected chi connectivity index (χ2v) is 7.65. The Bertz CT molecular complexity index is 576. The number of hydrogen-bond acceptors (Lipinski definition) is 5. The van der Waals surface area contributed by atoms with E-state index >= 15 is 0 Å². The Morgan fingerprint density at radius 3 is 2.67 bits per heavy atom. The van der Waals surface area contributed by atoms with Crippen LogP contribution in [0, 0.1) is 5.92 Å². The molecule has 1 fully saturated rings. The molecule has 2 atom stereocenters. The predicted octanol–water partition coefficient (Wildman–Crippen LogP) is 2.27. The Morgan fingerprint density at radius 1 is 1.37 bits per heavy atom. The molecule has 0 saturated carbocycles. The summed E-state index contributed by atoms with van der Waals surface area (Å²) in [6.07, 6.45) is 0.400. The summed E-state index contributed by atoms with van der Waals surface area (Å²) >= 11 is 0. The maximum absolute atomic E-state index is 13.0. The van der Waals surface area contributed by atoms with Gasteiger partial charge in [0.05, 0.1) is 25.9 Å². The summed E-state index contributed by atoms with van der Waals surface area (Å²) in [4.78, 5) is 17.2. The van der Waals surface area contributed by atoms with Crippen LogP contribution in [0.25, 0.3) is 0 Å². The van der Waals surface area contributed by atoms with Crippen molar-refractivity contribution in [1.29, 1.82) is 0 Å². The molecule has 1 N–H and O–H groups in total. The molecule has 0 radical (unpaired) electrons. The highest BCUT2D eigenvalue weighted by Crippen LogP contribution is 2.16. The average Bonchev–Trinajstić information content (AvgIpc) is 2.67. The summed E-state index contributed by atoms with van der Waals surface area (Å²) < 4.78 is 11.1. The van der Waals surface area contributed by atoms with Gasteiger partial charge in [0, 0.05) is 38.3 Å². The standard InChI is InChI=1S/C21H34N2O4/c1-5-18(24)13-22-10-11-27-20(14-22)15-23(12-16(2)3)21(25)17-6-8-19(26-4)9-7-17/h6-9,16,18,20,24H,5,10-15H2,1-4H3. The highest BCUT2D eigenvalue weighted by atomic mass is 16.5. The third-order valence-corrected chi connectivity index (χ3v) is 4.80.